The highest BCUT2D eigenvalue weighted by molar-refractivity contribution is 9.10. The monoisotopic (exact) mass is 473 g/mol. The fourth-order valence-electron chi connectivity index (χ4n) is 2.94. The molecule has 0 saturated carbocycles. The van der Waals surface area contributed by atoms with Crippen molar-refractivity contribution in [2.45, 2.75) is 26.5 Å². The second kappa shape index (κ2) is 11.2. The highest BCUT2D eigenvalue weighted by Gasteiger charge is 2.11. The first-order valence-electron chi connectivity index (χ1n) is 9.73. The summed E-state index contributed by atoms with van der Waals surface area (Å²) in [7, 11) is 0. The van der Waals surface area contributed by atoms with Gasteiger partial charge in [0.15, 0.2) is 11.5 Å². The van der Waals surface area contributed by atoms with E-state index in [0.717, 1.165) is 51.6 Å². The highest BCUT2D eigenvalue weighted by Crippen LogP contribution is 2.34. The van der Waals surface area contributed by atoms with Gasteiger partial charge in [0, 0.05) is 16.0 Å². The number of nitrogens with one attached hydrogen (secondary N) is 1. The summed E-state index contributed by atoms with van der Waals surface area (Å²) >= 11 is 9.61. The van der Waals surface area contributed by atoms with Crippen LogP contribution in [-0.4, -0.2) is 13.2 Å². The van der Waals surface area contributed by atoms with Gasteiger partial charge in [0.25, 0.3) is 0 Å². The Morgan fingerprint density at radius 1 is 0.897 bits per heavy atom. The lowest BCUT2D eigenvalue weighted by atomic mass is 10.1. The van der Waals surface area contributed by atoms with E-state index in [0.29, 0.717) is 13.2 Å². The van der Waals surface area contributed by atoms with Gasteiger partial charge in [-0.3, -0.25) is 0 Å². The lowest BCUT2D eigenvalue weighted by Crippen LogP contribution is -2.17. The van der Waals surface area contributed by atoms with E-state index in [9.17, 15) is 0 Å². The third-order valence-electron chi connectivity index (χ3n) is 4.47. The van der Waals surface area contributed by atoms with E-state index in [1.807, 2.05) is 61.5 Å². The lowest BCUT2D eigenvalue weighted by Gasteiger charge is -2.15. The normalized spacial score (nSPS) is 10.7. The molecule has 152 valence electrons. The molecule has 3 aromatic carbocycles. The summed E-state index contributed by atoms with van der Waals surface area (Å²) in [4.78, 5) is 0. The predicted molar refractivity (Wildman–Crippen MR) is 123 cm³/mol. The third-order valence-corrected chi connectivity index (χ3v) is 5.46. The fourth-order valence-corrected chi connectivity index (χ4v) is 3.52. The van der Waals surface area contributed by atoms with Gasteiger partial charge in [0.1, 0.15) is 6.61 Å². The van der Waals surface area contributed by atoms with Crippen molar-refractivity contribution in [2.24, 2.45) is 0 Å². The van der Waals surface area contributed by atoms with Crippen LogP contribution in [0.1, 0.15) is 23.6 Å². The average Bonchev–Trinajstić information content (AvgIpc) is 2.74. The largest absolute Gasteiger partial charge is 0.490 e. The van der Waals surface area contributed by atoms with Gasteiger partial charge in [-0.15, -0.1) is 0 Å². The molecule has 5 heteroatoms. The van der Waals surface area contributed by atoms with Crippen molar-refractivity contribution in [2.75, 3.05) is 13.2 Å². The molecule has 3 aromatic rings. The molecule has 0 spiro atoms. The molecule has 0 unspecified atom stereocenters. The lowest BCUT2D eigenvalue weighted by molar-refractivity contribution is 0.269. The molecule has 0 bridgehead atoms. The topological polar surface area (TPSA) is 30.5 Å². The van der Waals surface area contributed by atoms with Gasteiger partial charge in [0.05, 0.1) is 6.61 Å². The van der Waals surface area contributed by atoms with Crippen molar-refractivity contribution in [3.05, 3.63) is 92.9 Å². The quantitative estimate of drug-likeness (QED) is 0.344. The second-order valence-corrected chi connectivity index (χ2v) is 7.94. The fraction of sp³-hybridized carbons (Fsp3) is 0.250. The Kier molecular flexibility index (Phi) is 8.41. The zero-order chi connectivity index (χ0) is 20.5. The van der Waals surface area contributed by atoms with E-state index in [1.54, 1.807) is 0 Å². The Labute approximate surface area is 186 Å². The molecule has 0 aliphatic rings. The van der Waals surface area contributed by atoms with Crippen LogP contribution in [0.25, 0.3) is 0 Å². The summed E-state index contributed by atoms with van der Waals surface area (Å²) in [5.74, 6) is 1.51. The van der Waals surface area contributed by atoms with Gasteiger partial charge >= 0.3 is 0 Å². The van der Waals surface area contributed by atoms with Gasteiger partial charge in [0.2, 0.25) is 0 Å². The minimum atomic E-state index is 0.506. The van der Waals surface area contributed by atoms with E-state index < -0.39 is 0 Å². The van der Waals surface area contributed by atoms with E-state index in [2.05, 4.69) is 33.4 Å². The van der Waals surface area contributed by atoms with Crippen molar-refractivity contribution in [3.63, 3.8) is 0 Å². The Bertz CT molecular complexity index is 901. The first-order valence-corrected chi connectivity index (χ1v) is 10.9. The summed E-state index contributed by atoms with van der Waals surface area (Å²) in [6.45, 7) is 4.70. The van der Waals surface area contributed by atoms with Gasteiger partial charge in [-0.1, -0.05) is 70.0 Å². The minimum Gasteiger partial charge on any atom is -0.490 e. The summed E-state index contributed by atoms with van der Waals surface area (Å²) in [6.07, 6.45) is 0.950. The molecule has 0 saturated heterocycles. The molecule has 0 aromatic heterocycles. The van der Waals surface area contributed by atoms with Gasteiger partial charge in [-0.25, -0.2) is 0 Å². The van der Waals surface area contributed by atoms with E-state index in [-0.39, 0.29) is 0 Å². The van der Waals surface area contributed by atoms with Crippen molar-refractivity contribution in [1.29, 1.82) is 0 Å². The van der Waals surface area contributed by atoms with Gasteiger partial charge < -0.3 is 14.8 Å². The number of hydrogen-bond acceptors (Lipinski definition) is 3. The maximum absolute atomic E-state index is 6.02. The molecular formula is C24H25BrClNO2. The molecule has 0 heterocycles. The zero-order valence-electron chi connectivity index (χ0n) is 16.5. The molecule has 0 aliphatic carbocycles. The van der Waals surface area contributed by atoms with Crippen LogP contribution < -0.4 is 14.8 Å². The first-order chi connectivity index (χ1) is 14.2. The molecule has 0 amide bonds. The standard InChI is InChI=1S/C24H25BrClNO2/c1-2-28-23-14-20(16-27-13-12-18-8-10-21(26)11-9-18)22(25)15-24(23)29-17-19-6-4-3-5-7-19/h3-11,14-15,27H,2,12-13,16-17H2,1H3. The van der Waals surface area contributed by atoms with Crippen LogP contribution in [-0.2, 0) is 19.6 Å². The van der Waals surface area contributed by atoms with Gasteiger partial charge in [-0.05, 0) is 60.8 Å². The molecule has 3 nitrogen and oxygen atoms in total. The van der Waals surface area contributed by atoms with Crippen LogP contribution in [0.4, 0.5) is 0 Å². The smallest absolute Gasteiger partial charge is 0.162 e. The van der Waals surface area contributed by atoms with Crippen LogP contribution in [0.2, 0.25) is 5.02 Å². The molecule has 0 aliphatic heterocycles. The number of ether oxygens (including phenoxy) is 2. The molecule has 0 radical (unpaired) electrons. The minimum absolute atomic E-state index is 0.506. The van der Waals surface area contributed by atoms with E-state index >= 15 is 0 Å². The summed E-state index contributed by atoms with van der Waals surface area (Å²) < 4.78 is 12.8. The van der Waals surface area contributed by atoms with Crippen molar-refractivity contribution in [3.8, 4) is 11.5 Å². The third kappa shape index (κ3) is 6.77. The highest BCUT2D eigenvalue weighted by atomic mass is 79.9. The zero-order valence-corrected chi connectivity index (χ0v) is 18.8. The summed E-state index contributed by atoms with van der Waals surface area (Å²) in [5.41, 5.74) is 3.52. The molecular weight excluding hydrogens is 450 g/mol. The van der Waals surface area contributed by atoms with Crippen LogP contribution in [0.15, 0.2) is 71.2 Å². The van der Waals surface area contributed by atoms with Crippen LogP contribution in [0.5, 0.6) is 11.5 Å². The predicted octanol–water partition coefficient (Wildman–Crippen LogP) is 6.41. The van der Waals surface area contributed by atoms with Crippen molar-refractivity contribution < 1.29 is 9.47 Å². The Morgan fingerprint density at radius 3 is 2.34 bits per heavy atom. The Morgan fingerprint density at radius 2 is 1.62 bits per heavy atom. The first kappa shape index (κ1) is 21.7. The molecule has 0 fully saturated rings. The number of benzene rings is 3. The maximum atomic E-state index is 6.02. The SMILES string of the molecule is CCOc1cc(CNCCc2ccc(Cl)cc2)c(Br)cc1OCc1ccccc1. The molecule has 1 N–H and O–H groups in total. The Hall–Kier alpha value is -2.01. The van der Waals surface area contributed by atoms with Crippen LogP contribution in [0.3, 0.4) is 0 Å². The van der Waals surface area contributed by atoms with Crippen LogP contribution >= 0.6 is 27.5 Å². The van der Waals surface area contributed by atoms with E-state index in [4.69, 9.17) is 21.1 Å². The average molecular weight is 475 g/mol. The maximum Gasteiger partial charge on any atom is 0.162 e. The van der Waals surface area contributed by atoms with Crippen molar-refractivity contribution in [1.82, 2.24) is 5.32 Å². The molecule has 0 atom stereocenters. The molecule has 29 heavy (non-hydrogen) atoms. The Balaban J connectivity index is 1.59. The van der Waals surface area contributed by atoms with Gasteiger partial charge in [-0.2, -0.15) is 0 Å². The number of halogens is 2. The molecule has 3 rings (SSSR count). The summed E-state index contributed by atoms with van der Waals surface area (Å²) in [6, 6.07) is 22.1. The van der Waals surface area contributed by atoms with Crippen molar-refractivity contribution >= 4 is 27.5 Å². The van der Waals surface area contributed by atoms with E-state index in [1.165, 1.54) is 5.56 Å². The van der Waals surface area contributed by atoms with Crippen LogP contribution in [0, 0.1) is 0 Å². The summed E-state index contributed by atoms with van der Waals surface area (Å²) in [5, 5.41) is 4.26. The number of hydrogen-bond donors (Lipinski definition) is 1. The second-order valence-electron chi connectivity index (χ2n) is 6.65. The number of rotatable bonds is 10.